The van der Waals surface area contributed by atoms with E-state index in [0.29, 0.717) is 18.1 Å². The Labute approximate surface area is 212 Å². The van der Waals surface area contributed by atoms with E-state index < -0.39 is 0 Å². The molecular weight excluding hydrogens is 446 g/mol. The van der Waals surface area contributed by atoms with Crippen LogP contribution in [0, 0.1) is 0 Å². The summed E-state index contributed by atoms with van der Waals surface area (Å²) in [5, 5.41) is 7.11. The Morgan fingerprint density at radius 3 is 2.33 bits per heavy atom. The Hall–Kier alpha value is -3.45. The molecule has 2 aromatic heterocycles. The highest BCUT2D eigenvalue weighted by Crippen LogP contribution is 2.36. The fourth-order valence-corrected chi connectivity index (χ4v) is 6.43. The summed E-state index contributed by atoms with van der Waals surface area (Å²) in [6.45, 7) is 2.20. The second kappa shape index (κ2) is 9.21. The van der Waals surface area contributed by atoms with Gasteiger partial charge in [-0.2, -0.15) is 0 Å². The molecule has 4 aromatic rings. The summed E-state index contributed by atoms with van der Waals surface area (Å²) in [4.78, 5) is 17.3. The number of nitrogens with zero attached hydrogens (tertiary/aromatic N) is 5. The number of para-hydroxylation sites is 1. The van der Waals surface area contributed by atoms with Crippen LogP contribution in [0.4, 0.5) is 17.3 Å². The number of piperazine rings is 1. The van der Waals surface area contributed by atoms with Crippen molar-refractivity contribution in [3.05, 3.63) is 72.2 Å². The molecule has 0 radical (unpaired) electrons. The number of aromatic nitrogens is 4. The Balaban J connectivity index is 1.17. The fourth-order valence-electron chi connectivity index (χ4n) is 6.43. The quantitative estimate of drug-likeness (QED) is 0.395. The fraction of sp³-hybridized carbons (Fsp3) is 0.414. The molecule has 2 N–H and O–H groups in total. The van der Waals surface area contributed by atoms with E-state index in [-0.39, 0.29) is 0 Å². The minimum atomic E-state index is 0.428. The Bertz CT molecular complexity index is 1330. The van der Waals surface area contributed by atoms with Crippen molar-refractivity contribution in [2.75, 3.05) is 23.3 Å². The maximum absolute atomic E-state index is 5.05. The normalized spacial score (nSPS) is 21.9. The molecule has 36 heavy (non-hydrogen) atoms. The molecule has 1 aliphatic carbocycles. The van der Waals surface area contributed by atoms with Gasteiger partial charge in [-0.3, -0.25) is 4.57 Å². The topological polar surface area (TPSA) is 70.9 Å². The Kier molecular flexibility index (Phi) is 5.58. The first-order valence-corrected chi connectivity index (χ1v) is 13.5. The molecule has 3 aliphatic rings. The number of imidazole rings is 1. The molecule has 4 heterocycles. The van der Waals surface area contributed by atoms with Gasteiger partial charge in [0.05, 0.1) is 6.20 Å². The SMILES string of the molecule is c1ccc(Nc2nc3cnc(Cc4ccc(N5C6CCC5CNC6)cc4)nc3n2C2CCCC2)cc1. The first-order valence-electron chi connectivity index (χ1n) is 13.5. The van der Waals surface area contributed by atoms with Gasteiger partial charge >= 0.3 is 0 Å². The average Bonchev–Trinajstić information content (AvgIpc) is 3.61. The van der Waals surface area contributed by atoms with Crippen molar-refractivity contribution >= 4 is 28.5 Å². The van der Waals surface area contributed by atoms with E-state index in [1.54, 1.807) is 0 Å². The predicted octanol–water partition coefficient (Wildman–Crippen LogP) is 5.22. The monoisotopic (exact) mass is 479 g/mol. The molecule has 3 fully saturated rings. The van der Waals surface area contributed by atoms with Crippen molar-refractivity contribution in [1.29, 1.82) is 0 Å². The third kappa shape index (κ3) is 4.01. The molecular formula is C29H33N7. The lowest BCUT2D eigenvalue weighted by molar-refractivity contribution is 0.485. The summed E-state index contributed by atoms with van der Waals surface area (Å²) < 4.78 is 2.32. The van der Waals surface area contributed by atoms with E-state index in [4.69, 9.17) is 15.0 Å². The van der Waals surface area contributed by atoms with Crippen molar-refractivity contribution in [2.24, 2.45) is 0 Å². The first kappa shape index (κ1) is 21.8. The van der Waals surface area contributed by atoms with Crippen molar-refractivity contribution in [2.45, 2.75) is 63.1 Å². The molecule has 7 rings (SSSR count). The van der Waals surface area contributed by atoms with Gasteiger partial charge in [0.15, 0.2) is 5.65 Å². The highest BCUT2D eigenvalue weighted by molar-refractivity contribution is 5.75. The number of benzene rings is 2. The minimum absolute atomic E-state index is 0.428. The summed E-state index contributed by atoms with van der Waals surface area (Å²) in [5.74, 6) is 1.72. The maximum atomic E-state index is 5.05. The van der Waals surface area contributed by atoms with Gasteiger partial charge in [0.1, 0.15) is 11.3 Å². The van der Waals surface area contributed by atoms with E-state index in [1.165, 1.54) is 49.8 Å². The van der Waals surface area contributed by atoms with Crippen molar-refractivity contribution in [3.8, 4) is 0 Å². The minimum Gasteiger partial charge on any atom is -0.363 e. The zero-order valence-corrected chi connectivity index (χ0v) is 20.6. The second-order valence-corrected chi connectivity index (χ2v) is 10.5. The number of nitrogens with one attached hydrogen (secondary N) is 2. The van der Waals surface area contributed by atoms with Crippen LogP contribution < -0.4 is 15.5 Å². The van der Waals surface area contributed by atoms with E-state index in [9.17, 15) is 0 Å². The van der Waals surface area contributed by atoms with Crippen LogP contribution in [0.5, 0.6) is 0 Å². The zero-order valence-electron chi connectivity index (χ0n) is 20.6. The molecule has 2 saturated heterocycles. The molecule has 2 unspecified atom stereocenters. The highest BCUT2D eigenvalue weighted by Gasteiger charge is 2.36. The number of anilines is 3. The molecule has 1 saturated carbocycles. The largest absolute Gasteiger partial charge is 0.363 e. The van der Waals surface area contributed by atoms with Gasteiger partial charge < -0.3 is 15.5 Å². The van der Waals surface area contributed by atoms with Gasteiger partial charge in [-0.1, -0.05) is 43.2 Å². The second-order valence-electron chi connectivity index (χ2n) is 10.5. The van der Waals surface area contributed by atoms with Gasteiger partial charge in [-0.15, -0.1) is 0 Å². The lowest BCUT2D eigenvalue weighted by atomic mass is 10.1. The van der Waals surface area contributed by atoms with Gasteiger partial charge in [-0.05, 0) is 55.5 Å². The molecule has 0 spiro atoms. The molecule has 0 amide bonds. The van der Waals surface area contributed by atoms with Gasteiger partial charge in [0.2, 0.25) is 5.95 Å². The van der Waals surface area contributed by atoms with E-state index in [1.807, 2.05) is 24.4 Å². The predicted molar refractivity (Wildman–Crippen MR) is 144 cm³/mol. The summed E-state index contributed by atoms with van der Waals surface area (Å²) in [5.41, 5.74) is 5.43. The maximum Gasteiger partial charge on any atom is 0.209 e. The Morgan fingerprint density at radius 2 is 1.58 bits per heavy atom. The van der Waals surface area contributed by atoms with Crippen LogP contribution in [0.2, 0.25) is 0 Å². The molecule has 2 aliphatic heterocycles. The third-order valence-electron chi connectivity index (χ3n) is 8.18. The van der Waals surface area contributed by atoms with Crippen LogP contribution in [-0.2, 0) is 6.42 Å². The van der Waals surface area contributed by atoms with Crippen LogP contribution in [0.3, 0.4) is 0 Å². The molecule has 7 heteroatoms. The van der Waals surface area contributed by atoms with Crippen LogP contribution in [-0.4, -0.2) is 44.7 Å². The average molecular weight is 480 g/mol. The number of fused-ring (bicyclic) bond motifs is 3. The van der Waals surface area contributed by atoms with Gasteiger partial charge in [-0.25, -0.2) is 15.0 Å². The molecule has 184 valence electrons. The van der Waals surface area contributed by atoms with Crippen LogP contribution in [0.1, 0.15) is 56.0 Å². The lowest BCUT2D eigenvalue weighted by Gasteiger charge is -2.37. The smallest absolute Gasteiger partial charge is 0.209 e. The third-order valence-corrected chi connectivity index (χ3v) is 8.18. The molecule has 2 bridgehead atoms. The molecule has 2 aromatic carbocycles. The standard InChI is InChI=1S/C29H33N7/c1-2-6-21(7-3-1)32-29-33-26-19-31-27(34-28(26)36(29)22-8-4-5-9-22)16-20-10-12-23(13-11-20)35-24-14-15-25(35)18-30-17-24/h1-3,6-7,10-13,19,22,24-25,30H,4-5,8-9,14-18H2,(H,32,33). The zero-order chi connectivity index (χ0) is 23.9. The van der Waals surface area contributed by atoms with Crippen LogP contribution in [0.25, 0.3) is 11.2 Å². The van der Waals surface area contributed by atoms with Crippen LogP contribution >= 0.6 is 0 Å². The molecule has 7 nitrogen and oxygen atoms in total. The summed E-state index contributed by atoms with van der Waals surface area (Å²) >= 11 is 0. The van der Waals surface area contributed by atoms with Crippen LogP contribution in [0.15, 0.2) is 60.8 Å². The number of hydrogen-bond donors (Lipinski definition) is 2. The lowest BCUT2D eigenvalue weighted by Crippen LogP contribution is -2.51. The first-order chi connectivity index (χ1) is 17.8. The number of hydrogen-bond acceptors (Lipinski definition) is 6. The molecule has 2 atom stereocenters. The van der Waals surface area contributed by atoms with Crippen molar-refractivity contribution < 1.29 is 0 Å². The van der Waals surface area contributed by atoms with E-state index >= 15 is 0 Å². The Morgan fingerprint density at radius 1 is 0.833 bits per heavy atom. The summed E-state index contributed by atoms with van der Waals surface area (Å²) in [6, 6.07) is 21.0. The summed E-state index contributed by atoms with van der Waals surface area (Å²) in [6.07, 6.45) is 10.1. The van der Waals surface area contributed by atoms with Crippen molar-refractivity contribution in [1.82, 2.24) is 24.8 Å². The number of rotatable bonds is 6. The van der Waals surface area contributed by atoms with Gasteiger partial charge in [0.25, 0.3) is 0 Å². The van der Waals surface area contributed by atoms with Crippen molar-refractivity contribution in [3.63, 3.8) is 0 Å². The van der Waals surface area contributed by atoms with E-state index in [2.05, 4.69) is 56.5 Å². The van der Waals surface area contributed by atoms with Gasteiger partial charge in [0, 0.05) is 49.0 Å². The highest BCUT2D eigenvalue weighted by atomic mass is 15.3. The summed E-state index contributed by atoms with van der Waals surface area (Å²) in [7, 11) is 0. The van der Waals surface area contributed by atoms with E-state index in [0.717, 1.165) is 48.1 Å².